The Morgan fingerprint density at radius 1 is 0.967 bits per heavy atom. The van der Waals surface area contributed by atoms with Crippen molar-refractivity contribution in [1.29, 1.82) is 0 Å². The lowest BCUT2D eigenvalue weighted by Crippen LogP contribution is -2.20. The summed E-state index contributed by atoms with van der Waals surface area (Å²) < 4.78 is 0. The van der Waals surface area contributed by atoms with Gasteiger partial charge in [0.05, 0.1) is 11.4 Å². The molecule has 0 unspecified atom stereocenters. The number of nitrogens with one attached hydrogen (secondary N) is 4. The zero-order chi connectivity index (χ0) is 20.8. The first-order valence-electron chi connectivity index (χ1n) is 9.71. The average Bonchev–Trinajstić information content (AvgIpc) is 3.29. The van der Waals surface area contributed by atoms with Crippen LogP contribution in [0.4, 0.5) is 27.8 Å². The second-order valence-electron chi connectivity index (χ2n) is 6.64. The largest absolute Gasteiger partial charge is 0.360 e. The number of H-pyrrole nitrogens is 1. The van der Waals surface area contributed by atoms with Crippen LogP contribution in [0.1, 0.15) is 12.5 Å². The van der Waals surface area contributed by atoms with Gasteiger partial charge in [0, 0.05) is 29.5 Å². The third kappa shape index (κ3) is 4.64. The molecule has 150 valence electrons. The molecule has 7 heteroatoms. The van der Waals surface area contributed by atoms with Crippen molar-refractivity contribution < 1.29 is 4.79 Å². The molecule has 0 aliphatic heterocycles. The van der Waals surface area contributed by atoms with Gasteiger partial charge in [-0.1, -0.05) is 31.2 Å². The van der Waals surface area contributed by atoms with Gasteiger partial charge in [-0.3, -0.25) is 0 Å². The highest BCUT2D eigenvalue weighted by atomic mass is 16.2. The molecule has 2 heterocycles. The molecule has 7 nitrogen and oxygen atoms in total. The van der Waals surface area contributed by atoms with Crippen LogP contribution in [0.15, 0.2) is 79.1 Å². The minimum absolute atomic E-state index is 0.293. The predicted molar refractivity (Wildman–Crippen MR) is 120 cm³/mol. The number of amides is 2. The molecule has 2 amide bonds. The number of aromatic nitrogens is 3. The first-order chi connectivity index (χ1) is 14.7. The Hall–Kier alpha value is -4.13. The van der Waals surface area contributed by atoms with Gasteiger partial charge in [-0.15, -0.1) is 0 Å². The Bertz CT molecular complexity index is 1140. The molecule has 4 aromatic rings. The van der Waals surface area contributed by atoms with Crippen LogP contribution < -0.4 is 16.0 Å². The van der Waals surface area contributed by atoms with E-state index in [9.17, 15) is 4.79 Å². The minimum atomic E-state index is -0.293. The number of rotatable bonds is 6. The number of urea groups is 1. The molecule has 0 aliphatic rings. The van der Waals surface area contributed by atoms with Crippen molar-refractivity contribution in [2.24, 2.45) is 0 Å². The summed E-state index contributed by atoms with van der Waals surface area (Å²) in [4.78, 5) is 24.4. The normalized spacial score (nSPS) is 10.4. The summed E-state index contributed by atoms with van der Waals surface area (Å²) in [5.74, 6) is 0.473. The summed E-state index contributed by atoms with van der Waals surface area (Å²) in [7, 11) is 0. The third-order valence-corrected chi connectivity index (χ3v) is 4.55. The number of aromatic amines is 1. The summed E-state index contributed by atoms with van der Waals surface area (Å²) in [5.41, 5.74) is 5.03. The van der Waals surface area contributed by atoms with Crippen molar-refractivity contribution in [3.63, 3.8) is 0 Å². The second kappa shape index (κ2) is 8.91. The van der Waals surface area contributed by atoms with Gasteiger partial charge in [0.15, 0.2) is 0 Å². The lowest BCUT2D eigenvalue weighted by molar-refractivity contribution is 0.262. The van der Waals surface area contributed by atoms with E-state index in [-0.39, 0.29) is 6.03 Å². The predicted octanol–water partition coefficient (Wildman–Crippen LogP) is 5.42. The number of nitrogens with zero attached hydrogens (tertiary/aromatic N) is 2. The fraction of sp³-hybridized carbons (Fsp3) is 0.0870. The maximum absolute atomic E-state index is 12.4. The molecule has 4 N–H and O–H groups in total. The quantitative estimate of drug-likeness (QED) is 0.349. The molecule has 0 fully saturated rings. The molecule has 4 rings (SSSR count). The Balaban J connectivity index is 1.44. The maximum atomic E-state index is 12.4. The highest BCUT2D eigenvalue weighted by molar-refractivity contribution is 6.00. The molecule has 30 heavy (non-hydrogen) atoms. The Labute approximate surface area is 174 Å². The number of carbonyl (C=O) groups excluding carboxylic acids is 1. The first-order valence-corrected chi connectivity index (χ1v) is 9.71. The number of aryl methyl sites for hydroxylation is 1. The van der Waals surface area contributed by atoms with Crippen LogP contribution in [0.3, 0.4) is 0 Å². The molecule has 2 aromatic heterocycles. The fourth-order valence-electron chi connectivity index (χ4n) is 3.10. The molecule has 0 aliphatic carbocycles. The van der Waals surface area contributed by atoms with Crippen LogP contribution in [-0.4, -0.2) is 21.0 Å². The van der Waals surface area contributed by atoms with E-state index in [0.717, 1.165) is 34.7 Å². The fourth-order valence-corrected chi connectivity index (χ4v) is 3.10. The molecule has 0 saturated heterocycles. The number of para-hydroxylation sites is 1. The van der Waals surface area contributed by atoms with Gasteiger partial charge >= 0.3 is 6.03 Å². The van der Waals surface area contributed by atoms with Crippen molar-refractivity contribution >= 4 is 29.0 Å². The van der Waals surface area contributed by atoms with Gasteiger partial charge in [-0.2, -0.15) is 0 Å². The van der Waals surface area contributed by atoms with Crippen LogP contribution in [-0.2, 0) is 6.42 Å². The van der Waals surface area contributed by atoms with Crippen LogP contribution in [0.25, 0.3) is 11.4 Å². The van der Waals surface area contributed by atoms with E-state index < -0.39 is 0 Å². The standard InChI is InChI=1S/C23H22N6O/c1-2-16-7-3-4-10-19(16)29-23(30)27-18-9-5-8-17(15-18)26-22-25-14-12-21(28-22)20-11-6-13-24-20/h3-15,24H,2H2,1H3,(H,25,26,28)(H2,27,29,30). The van der Waals surface area contributed by atoms with Crippen molar-refractivity contribution in [3.05, 3.63) is 84.7 Å². The molecule has 0 atom stereocenters. The summed E-state index contributed by atoms with van der Waals surface area (Å²) in [6.07, 6.45) is 4.40. The number of hydrogen-bond acceptors (Lipinski definition) is 4. The molecule has 0 spiro atoms. The summed E-state index contributed by atoms with van der Waals surface area (Å²) >= 11 is 0. The van der Waals surface area contributed by atoms with Crippen molar-refractivity contribution in [3.8, 4) is 11.4 Å². The van der Waals surface area contributed by atoms with Gasteiger partial charge in [-0.05, 0) is 54.4 Å². The SMILES string of the molecule is CCc1ccccc1NC(=O)Nc1cccc(Nc2nccc(-c3ccc[nH]3)n2)c1. The maximum Gasteiger partial charge on any atom is 0.323 e. The average molecular weight is 398 g/mol. The number of benzene rings is 2. The van der Waals surface area contributed by atoms with Gasteiger partial charge in [-0.25, -0.2) is 14.8 Å². The monoisotopic (exact) mass is 398 g/mol. The number of hydrogen-bond donors (Lipinski definition) is 4. The Morgan fingerprint density at radius 2 is 1.83 bits per heavy atom. The third-order valence-electron chi connectivity index (χ3n) is 4.55. The summed E-state index contributed by atoms with van der Waals surface area (Å²) in [6, 6.07) is 20.6. The highest BCUT2D eigenvalue weighted by Gasteiger charge is 2.07. The van der Waals surface area contributed by atoms with Gasteiger partial charge < -0.3 is 20.9 Å². The number of anilines is 4. The van der Waals surface area contributed by atoms with Crippen LogP contribution in [0, 0.1) is 0 Å². The van der Waals surface area contributed by atoms with Gasteiger partial charge in [0.1, 0.15) is 0 Å². The molecule has 0 saturated carbocycles. The van der Waals surface area contributed by atoms with E-state index >= 15 is 0 Å². The van der Waals surface area contributed by atoms with Gasteiger partial charge in [0.25, 0.3) is 0 Å². The van der Waals surface area contributed by atoms with E-state index in [2.05, 4.69) is 37.8 Å². The molecule has 0 radical (unpaired) electrons. The summed E-state index contributed by atoms with van der Waals surface area (Å²) in [6.45, 7) is 2.06. The van der Waals surface area contributed by atoms with Crippen LogP contribution in [0.5, 0.6) is 0 Å². The van der Waals surface area contributed by atoms with E-state index in [1.165, 1.54) is 0 Å². The smallest absolute Gasteiger partial charge is 0.323 e. The van der Waals surface area contributed by atoms with E-state index in [1.807, 2.05) is 72.9 Å². The Kier molecular flexibility index (Phi) is 5.70. The molecule has 0 bridgehead atoms. The number of carbonyl (C=O) groups is 1. The van der Waals surface area contributed by atoms with Gasteiger partial charge in [0.2, 0.25) is 5.95 Å². The Morgan fingerprint density at radius 3 is 2.67 bits per heavy atom. The molecular formula is C23H22N6O. The van der Waals surface area contributed by atoms with E-state index in [0.29, 0.717) is 11.6 Å². The van der Waals surface area contributed by atoms with Crippen LogP contribution >= 0.6 is 0 Å². The molecular weight excluding hydrogens is 376 g/mol. The summed E-state index contributed by atoms with van der Waals surface area (Å²) in [5, 5.41) is 8.95. The topological polar surface area (TPSA) is 94.7 Å². The highest BCUT2D eigenvalue weighted by Crippen LogP contribution is 2.21. The van der Waals surface area contributed by atoms with E-state index in [1.54, 1.807) is 6.20 Å². The first kappa shape index (κ1) is 19.2. The molecule has 2 aromatic carbocycles. The van der Waals surface area contributed by atoms with Crippen molar-refractivity contribution in [1.82, 2.24) is 15.0 Å². The van der Waals surface area contributed by atoms with Crippen molar-refractivity contribution in [2.45, 2.75) is 13.3 Å². The zero-order valence-electron chi connectivity index (χ0n) is 16.5. The lowest BCUT2D eigenvalue weighted by Gasteiger charge is -2.12. The van der Waals surface area contributed by atoms with E-state index in [4.69, 9.17) is 0 Å². The second-order valence-corrected chi connectivity index (χ2v) is 6.64. The lowest BCUT2D eigenvalue weighted by atomic mass is 10.1. The zero-order valence-corrected chi connectivity index (χ0v) is 16.5. The van der Waals surface area contributed by atoms with Crippen LogP contribution in [0.2, 0.25) is 0 Å². The minimum Gasteiger partial charge on any atom is -0.360 e. The van der Waals surface area contributed by atoms with Crippen molar-refractivity contribution in [2.75, 3.05) is 16.0 Å².